The number of hydrogen-bond acceptors (Lipinski definition) is 4. The van der Waals surface area contributed by atoms with Crippen LogP contribution in [0.5, 0.6) is 5.75 Å². The molecule has 0 spiro atoms. The fraction of sp³-hybridized carbons (Fsp3) is 0.556. The average molecular weight is 334 g/mol. The predicted octanol–water partition coefficient (Wildman–Crippen LogP) is 1.19. The molecule has 2 N–H and O–H groups in total. The van der Waals surface area contributed by atoms with Gasteiger partial charge in [-0.1, -0.05) is 32.0 Å². The second-order valence-corrected chi connectivity index (χ2v) is 6.47. The number of carbonyl (C=O) groups excluding carboxylic acids is 2. The Kier molecular flexibility index (Phi) is 6.61. The Bertz CT molecular complexity index is 547. The van der Waals surface area contributed by atoms with Crippen LogP contribution in [0, 0.1) is 5.92 Å². The molecule has 6 heteroatoms. The lowest BCUT2D eigenvalue weighted by Gasteiger charge is -2.34. The maximum Gasteiger partial charge on any atom is 0.258 e. The van der Waals surface area contributed by atoms with Gasteiger partial charge in [-0.3, -0.25) is 9.59 Å². The molecule has 1 aromatic carbocycles. The lowest BCUT2D eigenvalue weighted by atomic mass is 10.0. The summed E-state index contributed by atoms with van der Waals surface area (Å²) in [5.41, 5.74) is 0. The molecule has 6 nitrogen and oxygen atoms in total. The molecule has 2 atom stereocenters. The van der Waals surface area contributed by atoms with Crippen molar-refractivity contribution in [3.8, 4) is 5.75 Å². The summed E-state index contributed by atoms with van der Waals surface area (Å²) in [5.74, 6) is 0.0942. The van der Waals surface area contributed by atoms with Gasteiger partial charge in [0.05, 0.1) is 6.10 Å². The van der Waals surface area contributed by atoms with Crippen LogP contribution >= 0.6 is 0 Å². The van der Waals surface area contributed by atoms with Crippen LogP contribution in [0.15, 0.2) is 30.3 Å². The molecule has 2 amide bonds. The Morgan fingerprint density at radius 2 is 2.04 bits per heavy atom. The predicted molar refractivity (Wildman–Crippen MR) is 90.5 cm³/mol. The molecule has 1 aromatic rings. The summed E-state index contributed by atoms with van der Waals surface area (Å²) in [6.45, 7) is 4.60. The van der Waals surface area contributed by atoms with E-state index in [2.05, 4.69) is 5.32 Å². The molecular formula is C18H26N2O4. The van der Waals surface area contributed by atoms with E-state index in [1.165, 1.54) is 0 Å². The van der Waals surface area contributed by atoms with Gasteiger partial charge in [0.15, 0.2) is 6.61 Å². The van der Waals surface area contributed by atoms with Crippen LogP contribution in [0.2, 0.25) is 0 Å². The average Bonchev–Trinajstić information content (AvgIpc) is 2.58. The normalized spacial score (nSPS) is 19.0. The van der Waals surface area contributed by atoms with E-state index >= 15 is 0 Å². The highest BCUT2D eigenvalue weighted by atomic mass is 16.5. The molecule has 1 fully saturated rings. The van der Waals surface area contributed by atoms with Crippen molar-refractivity contribution in [3.63, 3.8) is 0 Å². The number of benzene rings is 1. The van der Waals surface area contributed by atoms with Crippen LogP contribution in [-0.2, 0) is 9.59 Å². The Labute approximate surface area is 142 Å². The molecule has 0 aromatic heterocycles. The van der Waals surface area contributed by atoms with E-state index in [1.807, 2.05) is 32.0 Å². The Balaban J connectivity index is 1.90. The highest BCUT2D eigenvalue weighted by Crippen LogP contribution is 2.14. The third-order valence-electron chi connectivity index (χ3n) is 4.07. The van der Waals surface area contributed by atoms with E-state index in [0.717, 1.165) is 6.42 Å². The maximum atomic E-state index is 12.7. The van der Waals surface area contributed by atoms with E-state index in [-0.39, 0.29) is 24.3 Å². The van der Waals surface area contributed by atoms with Crippen LogP contribution < -0.4 is 10.1 Å². The number of para-hydroxylation sites is 1. The highest BCUT2D eigenvalue weighted by molar-refractivity contribution is 5.88. The maximum absolute atomic E-state index is 12.7. The summed E-state index contributed by atoms with van der Waals surface area (Å²) in [7, 11) is 0. The van der Waals surface area contributed by atoms with E-state index in [9.17, 15) is 14.7 Å². The van der Waals surface area contributed by atoms with Gasteiger partial charge in [-0.25, -0.2) is 0 Å². The minimum Gasteiger partial charge on any atom is -0.484 e. The number of piperidine rings is 1. The number of hydrogen-bond donors (Lipinski definition) is 2. The monoisotopic (exact) mass is 334 g/mol. The number of carbonyl (C=O) groups is 2. The second kappa shape index (κ2) is 8.68. The number of β-amino-alcohol motifs (C(OH)–C–C–N with tert-alkyl or cyclic N) is 1. The van der Waals surface area contributed by atoms with Crippen molar-refractivity contribution in [1.82, 2.24) is 10.2 Å². The zero-order chi connectivity index (χ0) is 17.5. The molecule has 24 heavy (non-hydrogen) atoms. The fourth-order valence-electron chi connectivity index (χ4n) is 2.75. The van der Waals surface area contributed by atoms with Gasteiger partial charge in [0.25, 0.3) is 5.91 Å². The van der Waals surface area contributed by atoms with Crippen LogP contribution in [-0.4, -0.2) is 53.7 Å². The van der Waals surface area contributed by atoms with E-state index in [4.69, 9.17) is 4.74 Å². The first kappa shape index (κ1) is 18.3. The lowest BCUT2D eigenvalue weighted by molar-refractivity contribution is -0.140. The minimum atomic E-state index is -0.609. The van der Waals surface area contributed by atoms with Gasteiger partial charge in [0.1, 0.15) is 11.8 Å². The van der Waals surface area contributed by atoms with E-state index in [0.29, 0.717) is 25.3 Å². The van der Waals surface area contributed by atoms with E-state index < -0.39 is 12.1 Å². The Hall–Kier alpha value is -2.08. The molecule has 1 heterocycles. The number of rotatable bonds is 6. The third-order valence-corrected chi connectivity index (χ3v) is 4.07. The number of amides is 2. The molecule has 1 aliphatic heterocycles. The molecule has 0 radical (unpaired) electrons. The Morgan fingerprint density at radius 3 is 2.67 bits per heavy atom. The quantitative estimate of drug-likeness (QED) is 0.819. The fourth-order valence-corrected chi connectivity index (χ4v) is 2.75. The van der Waals surface area contributed by atoms with Crippen molar-refractivity contribution < 1.29 is 19.4 Å². The zero-order valence-electron chi connectivity index (χ0n) is 14.3. The number of nitrogens with zero attached hydrogens (tertiary/aromatic N) is 1. The first-order chi connectivity index (χ1) is 11.5. The molecule has 1 saturated heterocycles. The van der Waals surface area contributed by atoms with Crippen LogP contribution in [0.4, 0.5) is 0 Å². The zero-order valence-corrected chi connectivity index (χ0v) is 14.3. The van der Waals surface area contributed by atoms with Gasteiger partial charge < -0.3 is 20.1 Å². The van der Waals surface area contributed by atoms with Gasteiger partial charge >= 0.3 is 0 Å². The number of nitrogens with one attached hydrogen (secondary N) is 1. The minimum absolute atomic E-state index is 0.0442. The summed E-state index contributed by atoms with van der Waals surface area (Å²) >= 11 is 0. The molecule has 132 valence electrons. The highest BCUT2D eigenvalue weighted by Gasteiger charge is 2.31. The van der Waals surface area contributed by atoms with Crippen molar-refractivity contribution in [2.24, 2.45) is 5.92 Å². The van der Waals surface area contributed by atoms with E-state index in [1.54, 1.807) is 17.0 Å². The first-order valence-electron chi connectivity index (χ1n) is 8.41. The molecule has 0 bridgehead atoms. The number of ether oxygens (including phenoxy) is 1. The molecular weight excluding hydrogens is 308 g/mol. The van der Waals surface area contributed by atoms with Gasteiger partial charge in [0.2, 0.25) is 5.91 Å². The van der Waals surface area contributed by atoms with Crippen molar-refractivity contribution >= 4 is 11.8 Å². The Morgan fingerprint density at radius 1 is 1.33 bits per heavy atom. The van der Waals surface area contributed by atoms with Crippen molar-refractivity contribution in [2.45, 2.75) is 38.8 Å². The van der Waals surface area contributed by atoms with Gasteiger partial charge in [-0.05, 0) is 30.9 Å². The van der Waals surface area contributed by atoms with Crippen LogP contribution in [0.1, 0.15) is 26.7 Å². The van der Waals surface area contributed by atoms with Crippen LogP contribution in [0.25, 0.3) is 0 Å². The van der Waals surface area contributed by atoms with Crippen molar-refractivity contribution in [2.75, 3.05) is 19.7 Å². The summed E-state index contributed by atoms with van der Waals surface area (Å²) < 4.78 is 5.41. The molecule has 0 saturated carbocycles. The largest absolute Gasteiger partial charge is 0.484 e. The number of aliphatic hydroxyl groups is 1. The molecule has 2 rings (SSSR count). The SMILES string of the molecule is CC(C)C(NC(=O)COc1ccccc1)C(=O)N1CCCC(O)C1. The standard InChI is InChI=1S/C18H26N2O4/c1-13(2)17(18(23)20-10-6-7-14(21)11-20)19-16(22)12-24-15-8-4-3-5-9-15/h3-5,8-9,13-14,17,21H,6-7,10-12H2,1-2H3,(H,19,22). The van der Waals surface area contributed by atoms with Crippen molar-refractivity contribution in [1.29, 1.82) is 0 Å². The van der Waals surface area contributed by atoms with Gasteiger partial charge in [-0.2, -0.15) is 0 Å². The summed E-state index contributed by atoms with van der Waals surface area (Å²) in [6.07, 6.45) is 1.02. The smallest absolute Gasteiger partial charge is 0.258 e. The van der Waals surface area contributed by atoms with Crippen molar-refractivity contribution in [3.05, 3.63) is 30.3 Å². The summed E-state index contributed by atoms with van der Waals surface area (Å²) in [6, 6.07) is 8.46. The molecule has 1 aliphatic rings. The number of aliphatic hydroxyl groups excluding tert-OH is 1. The van der Waals surface area contributed by atoms with Gasteiger partial charge in [-0.15, -0.1) is 0 Å². The molecule has 0 aliphatic carbocycles. The van der Waals surface area contributed by atoms with Crippen LogP contribution in [0.3, 0.4) is 0 Å². The summed E-state index contributed by atoms with van der Waals surface area (Å²) in [5, 5.41) is 12.5. The number of likely N-dealkylation sites (tertiary alicyclic amines) is 1. The molecule has 2 unspecified atom stereocenters. The third kappa shape index (κ3) is 5.23. The lowest BCUT2D eigenvalue weighted by Crippen LogP contribution is -2.54. The topological polar surface area (TPSA) is 78.9 Å². The first-order valence-corrected chi connectivity index (χ1v) is 8.41. The summed E-state index contributed by atoms with van der Waals surface area (Å²) in [4.78, 5) is 26.4. The second-order valence-electron chi connectivity index (χ2n) is 6.47. The van der Waals surface area contributed by atoms with Gasteiger partial charge in [0, 0.05) is 13.1 Å².